The minimum absolute atomic E-state index is 0.00780. The van der Waals surface area contributed by atoms with Gasteiger partial charge in [-0.15, -0.1) is 0 Å². The van der Waals surface area contributed by atoms with Crippen molar-refractivity contribution >= 4 is 23.8 Å². The van der Waals surface area contributed by atoms with E-state index in [1.165, 1.54) is 6.92 Å². The highest BCUT2D eigenvalue weighted by molar-refractivity contribution is 5.91. The van der Waals surface area contributed by atoms with Crippen molar-refractivity contribution in [3.8, 4) is 0 Å². The summed E-state index contributed by atoms with van der Waals surface area (Å²) in [4.78, 5) is 43.2. The predicted octanol–water partition coefficient (Wildman–Crippen LogP) is -2.82. The van der Waals surface area contributed by atoms with Gasteiger partial charge in [0.2, 0.25) is 5.91 Å². The maximum atomic E-state index is 11.4. The number of carbonyl (C=O) groups is 4. The van der Waals surface area contributed by atoms with Gasteiger partial charge in [-0.1, -0.05) is 0 Å². The number of carbonyl (C=O) groups excluding carboxylic acids is 3. The lowest BCUT2D eigenvalue weighted by Crippen LogP contribution is -2.39. The average molecular weight is 362 g/mol. The van der Waals surface area contributed by atoms with Crippen LogP contribution in [0, 0.1) is 0 Å². The molecule has 1 rings (SSSR count). The van der Waals surface area contributed by atoms with E-state index in [4.69, 9.17) is 27.4 Å². The van der Waals surface area contributed by atoms with E-state index in [-0.39, 0.29) is 12.8 Å². The predicted molar refractivity (Wildman–Crippen MR) is 85.8 cm³/mol. The second-order valence-electron chi connectivity index (χ2n) is 5.61. The first kappa shape index (κ1) is 22.9. The molecular weight excluding hydrogens is 336 g/mol. The number of aliphatic hydroxyl groups excluding tert-OH is 1. The van der Waals surface area contributed by atoms with Gasteiger partial charge in [0.25, 0.3) is 0 Å². The topological polar surface area (TPSA) is 208 Å². The molecule has 0 unspecified atom stereocenters. The molecule has 0 saturated carbocycles. The van der Waals surface area contributed by atoms with Crippen molar-refractivity contribution in [3.05, 3.63) is 0 Å². The summed E-state index contributed by atoms with van der Waals surface area (Å²) in [7, 11) is 0. The van der Waals surface area contributed by atoms with Crippen LogP contribution in [0.25, 0.3) is 0 Å². The summed E-state index contributed by atoms with van der Waals surface area (Å²) in [6.45, 7) is 2.07. The zero-order chi connectivity index (χ0) is 19.6. The van der Waals surface area contributed by atoms with Gasteiger partial charge < -0.3 is 37.5 Å². The van der Waals surface area contributed by atoms with Gasteiger partial charge >= 0.3 is 17.9 Å². The van der Waals surface area contributed by atoms with Crippen molar-refractivity contribution in [3.63, 3.8) is 0 Å². The highest BCUT2D eigenvalue weighted by atomic mass is 16.6. The lowest BCUT2D eigenvalue weighted by Gasteiger charge is -2.12. The molecule has 0 aromatic heterocycles. The number of ether oxygens (including phenoxy) is 1. The van der Waals surface area contributed by atoms with Crippen LogP contribution < -0.4 is 22.5 Å². The smallest absolute Gasteiger partial charge is 0.330 e. The van der Waals surface area contributed by atoms with Crippen molar-refractivity contribution in [2.45, 2.75) is 56.8 Å². The van der Waals surface area contributed by atoms with E-state index in [0.29, 0.717) is 6.42 Å². The van der Waals surface area contributed by atoms with Crippen molar-refractivity contribution in [1.82, 2.24) is 5.32 Å². The zero-order valence-corrected chi connectivity index (χ0v) is 14.0. The molecule has 11 nitrogen and oxygen atoms in total. The van der Waals surface area contributed by atoms with Gasteiger partial charge in [-0.3, -0.25) is 9.59 Å². The van der Waals surface area contributed by atoms with E-state index in [2.05, 4.69) is 10.1 Å². The van der Waals surface area contributed by atoms with Gasteiger partial charge in [-0.05, 0) is 32.7 Å². The normalized spacial score (nSPS) is 19.8. The summed E-state index contributed by atoms with van der Waals surface area (Å²) in [6.07, 6.45) is 0.628. The zero-order valence-electron chi connectivity index (χ0n) is 14.0. The Kier molecular flexibility index (Phi) is 10.5. The van der Waals surface area contributed by atoms with Crippen LogP contribution in [0.15, 0.2) is 0 Å². The summed E-state index contributed by atoms with van der Waals surface area (Å²) >= 11 is 0. The molecule has 1 amide bonds. The maximum absolute atomic E-state index is 11.4. The van der Waals surface area contributed by atoms with E-state index in [9.17, 15) is 19.2 Å². The maximum Gasteiger partial charge on any atom is 0.330 e. The van der Waals surface area contributed by atoms with Gasteiger partial charge in [0.1, 0.15) is 18.1 Å². The second kappa shape index (κ2) is 11.5. The summed E-state index contributed by atoms with van der Waals surface area (Å²) in [5.74, 6) is -3.15. The van der Waals surface area contributed by atoms with Gasteiger partial charge in [0.05, 0.1) is 6.10 Å². The number of nitrogens with two attached hydrogens (primary N) is 3. The molecule has 0 bridgehead atoms. The fourth-order valence-electron chi connectivity index (χ4n) is 1.75. The Bertz CT molecular complexity index is 478. The van der Waals surface area contributed by atoms with Gasteiger partial charge in [0.15, 0.2) is 0 Å². The molecule has 0 aromatic rings. The van der Waals surface area contributed by atoms with Crippen molar-refractivity contribution < 1.29 is 34.1 Å². The Balaban J connectivity index is 0.000000609. The van der Waals surface area contributed by atoms with Crippen LogP contribution in [0.1, 0.15) is 32.6 Å². The van der Waals surface area contributed by atoms with Gasteiger partial charge in [-0.25, -0.2) is 9.59 Å². The number of amides is 1. The SMILES string of the molecule is C[C@@H](O)[C@H](N)C(=O)O.NC(=O)CC[C@H](N)C(=O)OC(=O)[C@@H]1CCCN1. The second-order valence-corrected chi connectivity index (χ2v) is 5.61. The number of hydrogen-bond donors (Lipinski definition) is 6. The van der Waals surface area contributed by atoms with E-state index >= 15 is 0 Å². The molecule has 9 N–H and O–H groups in total. The minimum Gasteiger partial charge on any atom is -0.480 e. The molecular formula is C14H26N4O7. The fraction of sp³-hybridized carbons (Fsp3) is 0.714. The van der Waals surface area contributed by atoms with Crippen LogP contribution in [0.4, 0.5) is 0 Å². The Morgan fingerprint density at radius 3 is 2.24 bits per heavy atom. The lowest BCUT2D eigenvalue weighted by molar-refractivity contribution is -0.162. The third-order valence-corrected chi connectivity index (χ3v) is 3.36. The Hall–Kier alpha value is -2.08. The minimum atomic E-state index is -1.18. The number of hydrogen-bond acceptors (Lipinski definition) is 9. The number of primary amides is 1. The molecule has 1 aliphatic heterocycles. The van der Waals surface area contributed by atoms with E-state index < -0.39 is 48.0 Å². The first-order valence-electron chi connectivity index (χ1n) is 7.75. The first-order chi connectivity index (χ1) is 11.6. The molecule has 1 fully saturated rings. The van der Waals surface area contributed by atoms with Crippen molar-refractivity contribution in [2.75, 3.05) is 6.54 Å². The lowest BCUT2D eigenvalue weighted by atomic mass is 10.1. The van der Waals surface area contributed by atoms with Crippen LogP contribution in [-0.4, -0.2) is 64.8 Å². The standard InChI is InChI=1S/C10H17N3O4.C4H9NO3/c11-6(3-4-8(12)14)9(15)17-10(16)7-2-1-5-13-7;1-2(6)3(5)4(7)8/h6-7,13H,1-5,11H2,(H2,12,14);2-3,6H,5H2,1H3,(H,7,8)/t6-,7-;2-,3+/m01/s1. The summed E-state index contributed by atoms with van der Waals surface area (Å²) < 4.78 is 4.61. The van der Waals surface area contributed by atoms with Gasteiger partial charge in [0, 0.05) is 6.42 Å². The number of aliphatic hydroxyl groups is 1. The Morgan fingerprint density at radius 2 is 1.88 bits per heavy atom. The molecule has 144 valence electrons. The first-order valence-corrected chi connectivity index (χ1v) is 7.75. The number of aliphatic carboxylic acids is 1. The quantitative estimate of drug-likeness (QED) is 0.202. The largest absolute Gasteiger partial charge is 0.480 e. The average Bonchev–Trinajstić information content (AvgIpc) is 3.06. The van der Waals surface area contributed by atoms with Crippen molar-refractivity contribution in [2.24, 2.45) is 17.2 Å². The van der Waals surface area contributed by atoms with Gasteiger partial charge in [-0.2, -0.15) is 0 Å². The molecule has 4 atom stereocenters. The number of nitrogens with one attached hydrogen (secondary N) is 1. The number of carboxylic acid groups (broad SMARTS) is 1. The molecule has 0 aliphatic carbocycles. The van der Waals surface area contributed by atoms with Crippen LogP contribution in [0.3, 0.4) is 0 Å². The third-order valence-electron chi connectivity index (χ3n) is 3.36. The molecule has 11 heteroatoms. The van der Waals surface area contributed by atoms with E-state index in [1.807, 2.05) is 0 Å². The highest BCUT2D eigenvalue weighted by Gasteiger charge is 2.27. The molecule has 0 radical (unpaired) electrons. The molecule has 1 heterocycles. The Labute approximate surface area is 144 Å². The number of carboxylic acids is 1. The van der Waals surface area contributed by atoms with Crippen LogP contribution in [0.5, 0.6) is 0 Å². The van der Waals surface area contributed by atoms with Crippen molar-refractivity contribution in [1.29, 1.82) is 0 Å². The monoisotopic (exact) mass is 362 g/mol. The number of rotatable bonds is 7. The molecule has 25 heavy (non-hydrogen) atoms. The van der Waals surface area contributed by atoms with Crippen LogP contribution in [-0.2, 0) is 23.9 Å². The molecule has 0 spiro atoms. The fourth-order valence-corrected chi connectivity index (χ4v) is 1.75. The molecule has 1 aliphatic rings. The summed E-state index contributed by atoms with van der Waals surface area (Å²) in [5.41, 5.74) is 15.3. The molecule has 0 aromatic carbocycles. The van der Waals surface area contributed by atoms with Crippen LogP contribution >= 0.6 is 0 Å². The summed E-state index contributed by atoms with van der Waals surface area (Å²) in [5, 5.41) is 19.5. The van der Waals surface area contributed by atoms with E-state index in [0.717, 1.165) is 13.0 Å². The third kappa shape index (κ3) is 9.72. The van der Waals surface area contributed by atoms with Crippen LogP contribution in [0.2, 0.25) is 0 Å². The highest BCUT2D eigenvalue weighted by Crippen LogP contribution is 2.07. The molecule has 1 saturated heterocycles. The number of esters is 2. The Morgan fingerprint density at radius 1 is 1.28 bits per heavy atom. The summed E-state index contributed by atoms with van der Waals surface area (Å²) in [6, 6.07) is -2.58. The van der Waals surface area contributed by atoms with E-state index in [1.54, 1.807) is 0 Å².